The van der Waals surface area contributed by atoms with Gasteiger partial charge in [-0.25, -0.2) is 9.37 Å². The molecular weight excluding hydrogens is 295 g/mol. The molecule has 2 aromatic rings. The van der Waals surface area contributed by atoms with Crippen molar-refractivity contribution in [1.29, 1.82) is 0 Å². The van der Waals surface area contributed by atoms with E-state index in [1.165, 1.54) is 13.2 Å². The first-order valence-electron chi connectivity index (χ1n) is 7.07. The maximum atomic E-state index is 13.9. The number of ether oxygens (including phenoxy) is 2. The van der Waals surface area contributed by atoms with Gasteiger partial charge in [-0.15, -0.1) is 11.6 Å². The number of aromatic nitrogens is 2. The smallest absolute Gasteiger partial charge is 0.167 e. The minimum Gasteiger partial charge on any atom is -0.494 e. The molecule has 0 radical (unpaired) electrons. The number of hydrogen-bond donors (Lipinski definition) is 0. The van der Waals surface area contributed by atoms with Gasteiger partial charge in [-0.3, -0.25) is 0 Å². The van der Waals surface area contributed by atoms with Crippen LogP contribution in [-0.4, -0.2) is 35.3 Å². The molecule has 0 spiro atoms. The summed E-state index contributed by atoms with van der Waals surface area (Å²) in [4.78, 5) is 4.55. The van der Waals surface area contributed by atoms with Crippen LogP contribution in [-0.2, 0) is 11.2 Å². The zero-order chi connectivity index (χ0) is 15.0. The van der Waals surface area contributed by atoms with Crippen LogP contribution in [0.3, 0.4) is 0 Å². The van der Waals surface area contributed by atoms with Crippen LogP contribution < -0.4 is 4.74 Å². The average Bonchev–Trinajstić information content (AvgIpc) is 3.01. The van der Waals surface area contributed by atoms with E-state index in [0.29, 0.717) is 17.8 Å². The van der Waals surface area contributed by atoms with Crippen molar-refractivity contribution in [2.75, 3.05) is 19.6 Å². The Morgan fingerprint density at radius 1 is 1.52 bits per heavy atom. The molecule has 1 aliphatic rings. The lowest BCUT2D eigenvalue weighted by Crippen LogP contribution is -2.19. The molecule has 0 amide bonds. The van der Waals surface area contributed by atoms with Crippen molar-refractivity contribution in [2.24, 2.45) is 0 Å². The molecule has 0 aliphatic carbocycles. The minimum absolute atomic E-state index is 0.104. The van der Waals surface area contributed by atoms with Gasteiger partial charge in [0.2, 0.25) is 0 Å². The summed E-state index contributed by atoms with van der Waals surface area (Å²) in [5.74, 6) is 1.18. The lowest BCUT2D eigenvalue weighted by Gasteiger charge is -2.19. The lowest BCUT2D eigenvalue weighted by molar-refractivity contribution is 0.108. The summed E-state index contributed by atoms with van der Waals surface area (Å²) in [5, 5.41) is 0. The summed E-state index contributed by atoms with van der Waals surface area (Å²) < 4.78 is 26.8. The van der Waals surface area contributed by atoms with E-state index in [1.54, 1.807) is 6.07 Å². The van der Waals surface area contributed by atoms with Crippen LogP contribution in [0.2, 0.25) is 0 Å². The number of rotatable bonds is 4. The summed E-state index contributed by atoms with van der Waals surface area (Å²) in [7, 11) is 1.46. The molecule has 1 aromatic carbocycles. The molecule has 1 saturated heterocycles. The highest BCUT2D eigenvalue weighted by atomic mass is 35.5. The maximum Gasteiger partial charge on any atom is 0.167 e. The molecule has 114 valence electrons. The number of fused-ring (bicyclic) bond motifs is 1. The van der Waals surface area contributed by atoms with Crippen LogP contribution in [0.25, 0.3) is 11.0 Å². The topological polar surface area (TPSA) is 36.3 Å². The monoisotopic (exact) mass is 312 g/mol. The Morgan fingerprint density at radius 3 is 2.95 bits per heavy atom. The van der Waals surface area contributed by atoms with Crippen molar-refractivity contribution in [3.8, 4) is 5.75 Å². The quantitative estimate of drug-likeness (QED) is 0.813. The average molecular weight is 313 g/mol. The van der Waals surface area contributed by atoms with Gasteiger partial charge in [-0.05, 0) is 13.3 Å². The predicted octanol–water partition coefficient (Wildman–Crippen LogP) is 3.32. The normalized spacial score (nSPS) is 22.1. The van der Waals surface area contributed by atoms with Crippen LogP contribution in [0.4, 0.5) is 4.39 Å². The maximum absolute atomic E-state index is 13.9. The van der Waals surface area contributed by atoms with Crippen molar-refractivity contribution in [1.82, 2.24) is 9.55 Å². The summed E-state index contributed by atoms with van der Waals surface area (Å²) in [6, 6.07) is 3.33. The molecule has 2 unspecified atom stereocenters. The molecule has 1 fully saturated rings. The minimum atomic E-state index is -0.400. The molecule has 0 saturated carbocycles. The second kappa shape index (κ2) is 5.81. The first-order chi connectivity index (χ1) is 10.2. The molecule has 1 aliphatic heterocycles. The van der Waals surface area contributed by atoms with Crippen LogP contribution in [0.1, 0.15) is 25.2 Å². The van der Waals surface area contributed by atoms with Crippen molar-refractivity contribution in [3.05, 3.63) is 23.8 Å². The molecule has 0 N–H and O–H groups in total. The lowest BCUT2D eigenvalue weighted by atomic mass is 10.1. The summed E-state index contributed by atoms with van der Waals surface area (Å²) >= 11 is 5.89. The highest BCUT2D eigenvalue weighted by Gasteiger charge is 2.29. The first kappa shape index (κ1) is 14.6. The number of alkyl halides is 1. The van der Waals surface area contributed by atoms with E-state index < -0.39 is 5.82 Å². The van der Waals surface area contributed by atoms with Crippen molar-refractivity contribution >= 4 is 22.6 Å². The first-order valence-corrected chi connectivity index (χ1v) is 7.61. The summed E-state index contributed by atoms with van der Waals surface area (Å²) in [6.07, 6.45) is 1.66. The second-order valence-corrected chi connectivity index (χ2v) is 5.62. The van der Waals surface area contributed by atoms with Gasteiger partial charge in [-0.1, -0.05) is 0 Å². The molecule has 21 heavy (non-hydrogen) atoms. The highest BCUT2D eigenvalue weighted by molar-refractivity contribution is 6.17. The number of halogens is 2. The van der Waals surface area contributed by atoms with Crippen LogP contribution in [0, 0.1) is 5.82 Å². The Bertz CT molecular complexity index is 659. The Balaban J connectivity index is 2.20. The standard InChI is InChI=1S/C15H18ClFN2O2/c1-9-12(4-6-21-9)19-13-8-14(20-2)10(17)7-11(13)18-15(19)3-5-16/h7-9,12H,3-6H2,1-2H3. The number of imidazole rings is 1. The van der Waals surface area contributed by atoms with E-state index in [9.17, 15) is 4.39 Å². The zero-order valence-corrected chi connectivity index (χ0v) is 12.9. The molecule has 2 atom stereocenters. The third-order valence-corrected chi connectivity index (χ3v) is 4.21. The summed E-state index contributed by atoms with van der Waals surface area (Å²) in [5.41, 5.74) is 1.50. The van der Waals surface area contributed by atoms with E-state index in [-0.39, 0.29) is 17.9 Å². The van der Waals surface area contributed by atoms with Gasteiger partial charge in [-0.2, -0.15) is 0 Å². The molecular formula is C15H18ClFN2O2. The molecule has 3 rings (SSSR count). The second-order valence-electron chi connectivity index (χ2n) is 5.24. The largest absolute Gasteiger partial charge is 0.494 e. The number of benzene rings is 1. The molecule has 2 heterocycles. The van der Waals surface area contributed by atoms with Gasteiger partial charge in [0, 0.05) is 31.0 Å². The van der Waals surface area contributed by atoms with Crippen LogP contribution in [0.5, 0.6) is 5.75 Å². The van der Waals surface area contributed by atoms with Gasteiger partial charge < -0.3 is 14.0 Å². The summed E-state index contributed by atoms with van der Waals surface area (Å²) in [6.45, 7) is 2.78. The molecule has 1 aromatic heterocycles. The molecule has 6 heteroatoms. The van der Waals surface area contributed by atoms with Crippen LogP contribution in [0.15, 0.2) is 12.1 Å². The van der Waals surface area contributed by atoms with E-state index >= 15 is 0 Å². The number of aryl methyl sites for hydroxylation is 1. The molecule has 0 bridgehead atoms. The van der Waals surface area contributed by atoms with Gasteiger partial charge >= 0.3 is 0 Å². The Hall–Kier alpha value is -1.33. The zero-order valence-electron chi connectivity index (χ0n) is 12.1. The van der Waals surface area contributed by atoms with Crippen LogP contribution >= 0.6 is 11.6 Å². The van der Waals surface area contributed by atoms with Gasteiger partial charge in [0.1, 0.15) is 5.82 Å². The molecule has 4 nitrogen and oxygen atoms in total. The Morgan fingerprint density at radius 2 is 2.33 bits per heavy atom. The number of nitrogens with zero attached hydrogens (tertiary/aromatic N) is 2. The Kier molecular flexibility index (Phi) is 4.04. The number of methoxy groups -OCH3 is 1. The van der Waals surface area contributed by atoms with E-state index in [4.69, 9.17) is 21.1 Å². The van der Waals surface area contributed by atoms with Crippen molar-refractivity contribution in [2.45, 2.75) is 31.9 Å². The van der Waals surface area contributed by atoms with E-state index in [1.807, 2.05) is 0 Å². The third-order valence-electron chi connectivity index (χ3n) is 4.02. The fraction of sp³-hybridized carbons (Fsp3) is 0.533. The third kappa shape index (κ3) is 2.49. The van der Waals surface area contributed by atoms with Gasteiger partial charge in [0.25, 0.3) is 0 Å². The van der Waals surface area contributed by atoms with Gasteiger partial charge in [0.15, 0.2) is 11.6 Å². The van der Waals surface area contributed by atoms with Crippen molar-refractivity contribution < 1.29 is 13.9 Å². The SMILES string of the molecule is COc1cc2c(cc1F)nc(CCCl)n2C1CCOC1C. The van der Waals surface area contributed by atoms with Gasteiger partial charge in [0.05, 0.1) is 30.3 Å². The van der Waals surface area contributed by atoms with E-state index in [2.05, 4.69) is 16.5 Å². The fourth-order valence-electron chi connectivity index (χ4n) is 2.99. The highest BCUT2D eigenvalue weighted by Crippen LogP contribution is 2.33. The van der Waals surface area contributed by atoms with E-state index in [0.717, 1.165) is 24.4 Å². The predicted molar refractivity (Wildman–Crippen MR) is 79.7 cm³/mol. The Labute approximate surface area is 127 Å². The van der Waals surface area contributed by atoms with Crippen molar-refractivity contribution in [3.63, 3.8) is 0 Å². The number of hydrogen-bond acceptors (Lipinski definition) is 3. The fourth-order valence-corrected chi connectivity index (χ4v) is 3.16.